The van der Waals surface area contributed by atoms with Gasteiger partial charge in [0.15, 0.2) is 0 Å². The van der Waals surface area contributed by atoms with Crippen LogP contribution in [0.3, 0.4) is 0 Å². The Morgan fingerprint density at radius 1 is 1.40 bits per heavy atom. The zero-order valence-corrected chi connectivity index (χ0v) is 11.5. The number of nitriles is 1. The van der Waals surface area contributed by atoms with E-state index in [1.165, 1.54) is 12.0 Å². The summed E-state index contributed by atoms with van der Waals surface area (Å²) in [6.45, 7) is 3.96. The summed E-state index contributed by atoms with van der Waals surface area (Å²) in [6.07, 6.45) is 7.93. The number of hydrogen-bond acceptors (Lipinski definition) is 4. The molecule has 0 aliphatic carbocycles. The molecular formula is C15H17N5. The Labute approximate surface area is 118 Å². The van der Waals surface area contributed by atoms with Gasteiger partial charge in [-0.15, -0.1) is 0 Å². The normalized spacial score (nSPS) is 18.2. The molecule has 1 saturated heterocycles. The molecule has 0 saturated carbocycles. The summed E-state index contributed by atoms with van der Waals surface area (Å²) in [5.41, 5.74) is 1.79. The van der Waals surface area contributed by atoms with Gasteiger partial charge >= 0.3 is 0 Å². The van der Waals surface area contributed by atoms with Gasteiger partial charge in [-0.3, -0.25) is 4.68 Å². The lowest BCUT2D eigenvalue weighted by Gasteiger charge is -2.25. The van der Waals surface area contributed by atoms with Crippen LogP contribution in [0.1, 0.15) is 24.0 Å². The molecule has 0 amide bonds. The second kappa shape index (κ2) is 5.33. The molecule has 0 unspecified atom stereocenters. The maximum atomic E-state index is 8.83. The Bertz CT molecular complexity index is 622. The average Bonchev–Trinajstić information content (AvgIpc) is 3.09. The average molecular weight is 267 g/mol. The molecule has 20 heavy (non-hydrogen) atoms. The zero-order valence-electron chi connectivity index (χ0n) is 11.5. The summed E-state index contributed by atoms with van der Waals surface area (Å²) < 4.78 is 2.00. The lowest BCUT2D eigenvalue weighted by molar-refractivity contribution is 0.507. The minimum Gasteiger partial charge on any atom is -0.352 e. The van der Waals surface area contributed by atoms with Gasteiger partial charge in [0.05, 0.1) is 24.3 Å². The van der Waals surface area contributed by atoms with Crippen molar-refractivity contribution < 1.29 is 0 Å². The van der Waals surface area contributed by atoms with Gasteiger partial charge in [-0.2, -0.15) is 10.4 Å². The van der Waals surface area contributed by atoms with E-state index in [4.69, 9.17) is 5.26 Å². The Morgan fingerprint density at radius 2 is 2.30 bits per heavy atom. The molecule has 5 heteroatoms. The molecule has 1 fully saturated rings. The van der Waals surface area contributed by atoms with E-state index in [0.29, 0.717) is 11.6 Å². The molecule has 1 aliphatic rings. The van der Waals surface area contributed by atoms with E-state index in [1.807, 2.05) is 23.0 Å². The maximum absolute atomic E-state index is 8.83. The molecule has 0 aromatic carbocycles. The second-order valence-electron chi connectivity index (χ2n) is 5.25. The van der Waals surface area contributed by atoms with Crippen LogP contribution in [0.15, 0.2) is 30.7 Å². The van der Waals surface area contributed by atoms with Gasteiger partial charge in [0.1, 0.15) is 11.9 Å². The van der Waals surface area contributed by atoms with Crippen LogP contribution >= 0.6 is 0 Å². The third-order valence-corrected chi connectivity index (χ3v) is 3.71. The number of aryl methyl sites for hydroxylation is 1. The first-order valence-corrected chi connectivity index (χ1v) is 6.88. The quantitative estimate of drug-likeness (QED) is 0.854. The summed E-state index contributed by atoms with van der Waals surface area (Å²) in [4.78, 5) is 6.72. The summed E-state index contributed by atoms with van der Waals surface area (Å²) in [7, 11) is 0. The smallest absolute Gasteiger partial charge is 0.128 e. The summed E-state index contributed by atoms with van der Waals surface area (Å²) >= 11 is 0. The number of pyridine rings is 1. The molecule has 0 N–H and O–H groups in total. The highest BCUT2D eigenvalue weighted by Gasteiger charge is 2.26. The summed E-state index contributed by atoms with van der Waals surface area (Å²) in [5, 5.41) is 13.2. The van der Waals surface area contributed by atoms with Gasteiger partial charge in [-0.05, 0) is 37.5 Å². The second-order valence-corrected chi connectivity index (χ2v) is 5.25. The van der Waals surface area contributed by atoms with Crippen LogP contribution in [-0.2, 0) is 6.54 Å². The fourth-order valence-electron chi connectivity index (χ4n) is 2.73. The van der Waals surface area contributed by atoms with E-state index in [2.05, 4.69) is 34.2 Å². The third-order valence-electron chi connectivity index (χ3n) is 3.71. The lowest BCUT2D eigenvalue weighted by atomic mass is 10.2. The maximum Gasteiger partial charge on any atom is 0.128 e. The van der Waals surface area contributed by atoms with Gasteiger partial charge in [0.2, 0.25) is 0 Å². The third kappa shape index (κ3) is 2.50. The van der Waals surface area contributed by atoms with E-state index >= 15 is 0 Å². The molecule has 1 aliphatic heterocycles. The van der Waals surface area contributed by atoms with Gasteiger partial charge < -0.3 is 4.90 Å². The number of hydrogen-bond donors (Lipinski definition) is 0. The van der Waals surface area contributed by atoms with E-state index in [-0.39, 0.29) is 0 Å². The van der Waals surface area contributed by atoms with Crippen LogP contribution in [0.2, 0.25) is 0 Å². The van der Waals surface area contributed by atoms with E-state index in [1.54, 1.807) is 6.20 Å². The fourth-order valence-corrected chi connectivity index (χ4v) is 2.73. The van der Waals surface area contributed by atoms with Gasteiger partial charge in [0.25, 0.3) is 0 Å². The van der Waals surface area contributed by atoms with Crippen molar-refractivity contribution >= 4 is 5.82 Å². The Hall–Kier alpha value is -2.35. The largest absolute Gasteiger partial charge is 0.352 e. The summed E-state index contributed by atoms with van der Waals surface area (Å²) in [5.74, 6) is 0.954. The molecule has 0 bridgehead atoms. The number of anilines is 1. The van der Waals surface area contributed by atoms with Crippen molar-refractivity contribution in [3.63, 3.8) is 0 Å². The molecule has 102 valence electrons. The van der Waals surface area contributed by atoms with Gasteiger partial charge in [-0.1, -0.05) is 0 Å². The first-order valence-electron chi connectivity index (χ1n) is 6.88. The van der Waals surface area contributed by atoms with E-state index in [9.17, 15) is 0 Å². The molecule has 2 aromatic heterocycles. The fraction of sp³-hybridized carbons (Fsp3) is 0.400. The Balaban J connectivity index is 1.76. The predicted octanol–water partition coefficient (Wildman–Crippen LogP) is 2.13. The Kier molecular flexibility index (Phi) is 3.38. The summed E-state index contributed by atoms with van der Waals surface area (Å²) in [6, 6.07) is 6.29. The standard InChI is InChI=1S/C15H17N5/c1-12-8-18-19(10-12)11-14-3-2-6-20(14)15-5-4-13(7-16)9-17-15/h4-5,8-10,14H,2-3,6,11H2,1H3/t14-/m1/s1. The van der Waals surface area contributed by atoms with Crippen molar-refractivity contribution in [2.75, 3.05) is 11.4 Å². The SMILES string of the molecule is Cc1cnn(C[C@H]2CCCN2c2ccc(C#N)cn2)c1. The molecular weight excluding hydrogens is 250 g/mol. The van der Waals surface area contributed by atoms with Gasteiger partial charge in [-0.25, -0.2) is 4.98 Å². The number of aromatic nitrogens is 3. The number of nitrogens with zero attached hydrogens (tertiary/aromatic N) is 5. The van der Waals surface area contributed by atoms with Crippen molar-refractivity contribution in [2.45, 2.75) is 32.4 Å². The van der Waals surface area contributed by atoms with Crippen LogP contribution in [0, 0.1) is 18.3 Å². The number of rotatable bonds is 3. The molecule has 1 atom stereocenters. The highest BCUT2D eigenvalue weighted by molar-refractivity contribution is 5.43. The van der Waals surface area contributed by atoms with Crippen molar-refractivity contribution in [3.8, 4) is 6.07 Å². The van der Waals surface area contributed by atoms with Crippen molar-refractivity contribution in [3.05, 3.63) is 41.9 Å². The highest BCUT2D eigenvalue weighted by Crippen LogP contribution is 2.24. The molecule has 0 radical (unpaired) electrons. The molecule has 3 heterocycles. The van der Waals surface area contributed by atoms with Crippen molar-refractivity contribution in [2.24, 2.45) is 0 Å². The van der Waals surface area contributed by atoms with Crippen molar-refractivity contribution in [1.29, 1.82) is 5.26 Å². The van der Waals surface area contributed by atoms with E-state index in [0.717, 1.165) is 25.3 Å². The van der Waals surface area contributed by atoms with Crippen LogP contribution in [0.5, 0.6) is 0 Å². The minimum absolute atomic E-state index is 0.426. The molecule has 5 nitrogen and oxygen atoms in total. The van der Waals surface area contributed by atoms with E-state index < -0.39 is 0 Å². The van der Waals surface area contributed by atoms with Crippen LogP contribution in [0.25, 0.3) is 0 Å². The first kappa shape index (κ1) is 12.7. The van der Waals surface area contributed by atoms with Crippen LogP contribution in [0.4, 0.5) is 5.82 Å². The van der Waals surface area contributed by atoms with Crippen molar-refractivity contribution in [1.82, 2.24) is 14.8 Å². The Morgan fingerprint density at radius 3 is 2.95 bits per heavy atom. The molecule has 0 spiro atoms. The van der Waals surface area contributed by atoms with Crippen LogP contribution < -0.4 is 4.90 Å². The topological polar surface area (TPSA) is 57.7 Å². The monoisotopic (exact) mass is 267 g/mol. The molecule has 3 rings (SSSR count). The minimum atomic E-state index is 0.426. The predicted molar refractivity (Wildman–Crippen MR) is 76.3 cm³/mol. The lowest BCUT2D eigenvalue weighted by Crippen LogP contribution is -2.33. The highest BCUT2D eigenvalue weighted by atomic mass is 15.3. The van der Waals surface area contributed by atoms with Crippen LogP contribution in [-0.4, -0.2) is 27.4 Å². The van der Waals surface area contributed by atoms with Gasteiger partial charge in [0, 0.05) is 18.9 Å². The first-order chi connectivity index (χ1) is 9.76. The zero-order chi connectivity index (χ0) is 13.9. The molecule has 2 aromatic rings.